The number of hydrogen-bond donors (Lipinski definition) is 1. The molecule has 0 atom stereocenters. The fourth-order valence-corrected chi connectivity index (χ4v) is 1.51. The predicted octanol–water partition coefficient (Wildman–Crippen LogP) is 2.58. The van der Waals surface area contributed by atoms with E-state index in [1.165, 1.54) is 16.7 Å². The smallest absolute Gasteiger partial charge is 0.0178 e. The van der Waals surface area contributed by atoms with Crippen molar-refractivity contribution >= 4 is 0 Å². The van der Waals surface area contributed by atoms with E-state index in [2.05, 4.69) is 39.0 Å². The van der Waals surface area contributed by atoms with Gasteiger partial charge in [-0.1, -0.05) is 32.0 Å². The standard InChI is InChI=1S/C11H17N/c1-8(2)11-5-4-10(7-12)6-9(11)3/h4-6,8H,7,12H2,1-3H3. The third kappa shape index (κ3) is 1.86. The summed E-state index contributed by atoms with van der Waals surface area (Å²) in [6.45, 7) is 7.21. The van der Waals surface area contributed by atoms with Gasteiger partial charge in [0.15, 0.2) is 0 Å². The fourth-order valence-electron chi connectivity index (χ4n) is 1.51. The van der Waals surface area contributed by atoms with E-state index in [1.807, 2.05) is 0 Å². The van der Waals surface area contributed by atoms with Crippen molar-refractivity contribution in [2.45, 2.75) is 33.2 Å². The van der Waals surface area contributed by atoms with E-state index in [4.69, 9.17) is 5.73 Å². The van der Waals surface area contributed by atoms with Gasteiger partial charge in [0.05, 0.1) is 0 Å². The molecule has 0 saturated heterocycles. The van der Waals surface area contributed by atoms with Gasteiger partial charge in [-0.15, -0.1) is 0 Å². The van der Waals surface area contributed by atoms with Crippen LogP contribution in [0.15, 0.2) is 18.2 Å². The molecule has 0 unspecified atom stereocenters. The first kappa shape index (κ1) is 9.27. The van der Waals surface area contributed by atoms with Gasteiger partial charge >= 0.3 is 0 Å². The first-order valence-corrected chi connectivity index (χ1v) is 4.44. The third-order valence-electron chi connectivity index (χ3n) is 2.19. The highest BCUT2D eigenvalue weighted by Gasteiger charge is 2.02. The van der Waals surface area contributed by atoms with Gasteiger partial charge in [0.1, 0.15) is 0 Å². The summed E-state index contributed by atoms with van der Waals surface area (Å²) < 4.78 is 0. The Morgan fingerprint density at radius 2 is 2.00 bits per heavy atom. The highest BCUT2D eigenvalue weighted by molar-refractivity contribution is 5.32. The summed E-state index contributed by atoms with van der Waals surface area (Å²) in [5, 5.41) is 0. The zero-order valence-electron chi connectivity index (χ0n) is 8.09. The molecule has 0 amide bonds. The average Bonchev–Trinajstić information content (AvgIpc) is 2.03. The van der Waals surface area contributed by atoms with Gasteiger partial charge in [0.25, 0.3) is 0 Å². The molecule has 0 heterocycles. The third-order valence-corrected chi connectivity index (χ3v) is 2.19. The van der Waals surface area contributed by atoms with Gasteiger partial charge in [0, 0.05) is 6.54 Å². The van der Waals surface area contributed by atoms with Crippen LogP contribution in [0.3, 0.4) is 0 Å². The van der Waals surface area contributed by atoms with Crippen LogP contribution >= 0.6 is 0 Å². The lowest BCUT2D eigenvalue weighted by molar-refractivity contribution is 0.853. The Labute approximate surface area is 74.6 Å². The lowest BCUT2D eigenvalue weighted by Crippen LogP contribution is -1.99. The molecule has 0 aromatic heterocycles. The first-order valence-electron chi connectivity index (χ1n) is 4.44. The zero-order chi connectivity index (χ0) is 9.14. The monoisotopic (exact) mass is 163 g/mol. The Morgan fingerprint density at radius 3 is 2.42 bits per heavy atom. The summed E-state index contributed by atoms with van der Waals surface area (Å²) in [4.78, 5) is 0. The van der Waals surface area contributed by atoms with E-state index < -0.39 is 0 Å². The second-order valence-corrected chi connectivity index (χ2v) is 3.55. The Balaban J connectivity index is 3.03. The van der Waals surface area contributed by atoms with E-state index in [-0.39, 0.29) is 0 Å². The molecule has 1 heteroatoms. The van der Waals surface area contributed by atoms with Crippen molar-refractivity contribution in [2.24, 2.45) is 5.73 Å². The van der Waals surface area contributed by atoms with Crippen molar-refractivity contribution in [1.29, 1.82) is 0 Å². The molecular formula is C11H17N. The van der Waals surface area contributed by atoms with Crippen LogP contribution in [0.5, 0.6) is 0 Å². The van der Waals surface area contributed by atoms with Crippen molar-refractivity contribution in [3.8, 4) is 0 Å². The fraction of sp³-hybridized carbons (Fsp3) is 0.455. The maximum absolute atomic E-state index is 5.54. The predicted molar refractivity (Wildman–Crippen MR) is 53.2 cm³/mol. The number of benzene rings is 1. The molecular weight excluding hydrogens is 146 g/mol. The Morgan fingerprint density at radius 1 is 1.33 bits per heavy atom. The molecule has 0 saturated carbocycles. The molecule has 0 radical (unpaired) electrons. The van der Waals surface area contributed by atoms with Crippen LogP contribution in [0.1, 0.15) is 36.5 Å². The summed E-state index contributed by atoms with van der Waals surface area (Å²) in [5.74, 6) is 0.608. The highest BCUT2D eigenvalue weighted by atomic mass is 14.5. The minimum absolute atomic E-state index is 0.608. The number of hydrogen-bond acceptors (Lipinski definition) is 1. The summed E-state index contributed by atoms with van der Waals surface area (Å²) in [6.07, 6.45) is 0. The largest absolute Gasteiger partial charge is 0.326 e. The second kappa shape index (κ2) is 3.72. The molecule has 1 aromatic rings. The van der Waals surface area contributed by atoms with Crippen LogP contribution in [-0.2, 0) is 6.54 Å². The first-order chi connectivity index (χ1) is 5.65. The van der Waals surface area contributed by atoms with E-state index in [1.54, 1.807) is 0 Å². The van der Waals surface area contributed by atoms with Gasteiger partial charge in [-0.05, 0) is 29.5 Å². The summed E-state index contributed by atoms with van der Waals surface area (Å²) >= 11 is 0. The summed E-state index contributed by atoms with van der Waals surface area (Å²) in [7, 11) is 0. The minimum atomic E-state index is 0.608. The van der Waals surface area contributed by atoms with Gasteiger partial charge in [-0.3, -0.25) is 0 Å². The van der Waals surface area contributed by atoms with E-state index in [0.717, 1.165) is 0 Å². The molecule has 1 aromatic carbocycles. The van der Waals surface area contributed by atoms with Crippen LogP contribution in [-0.4, -0.2) is 0 Å². The van der Waals surface area contributed by atoms with Gasteiger partial charge in [-0.2, -0.15) is 0 Å². The van der Waals surface area contributed by atoms with E-state index >= 15 is 0 Å². The van der Waals surface area contributed by atoms with Crippen molar-refractivity contribution in [1.82, 2.24) is 0 Å². The summed E-state index contributed by atoms with van der Waals surface area (Å²) in [5.41, 5.74) is 9.54. The summed E-state index contributed by atoms with van der Waals surface area (Å²) in [6, 6.07) is 6.47. The average molecular weight is 163 g/mol. The molecule has 1 nitrogen and oxygen atoms in total. The van der Waals surface area contributed by atoms with Crippen LogP contribution in [0.25, 0.3) is 0 Å². The van der Waals surface area contributed by atoms with Crippen LogP contribution in [0, 0.1) is 6.92 Å². The Bertz CT molecular complexity index is 264. The van der Waals surface area contributed by atoms with Crippen molar-refractivity contribution in [2.75, 3.05) is 0 Å². The molecule has 0 bridgehead atoms. The van der Waals surface area contributed by atoms with Crippen LogP contribution < -0.4 is 5.73 Å². The second-order valence-electron chi connectivity index (χ2n) is 3.55. The molecule has 0 aliphatic rings. The van der Waals surface area contributed by atoms with Gasteiger partial charge in [-0.25, -0.2) is 0 Å². The molecule has 0 aliphatic carbocycles. The molecule has 0 spiro atoms. The molecule has 1 rings (SSSR count). The van der Waals surface area contributed by atoms with Gasteiger partial charge in [0.2, 0.25) is 0 Å². The van der Waals surface area contributed by atoms with Crippen molar-refractivity contribution < 1.29 is 0 Å². The quantitative estimate of drug-likeness (QED) is 0.712. The number of rotatable bonds is 2. The Kier molecular flexibility index (Phi) is 2.88. The topological polar surface area (TPSA) is 26.0 Å². The SMILES string of the molecule is Cc1cc(CN)ccc1C(C)C. The van der Waals surface area contributed by atoms with E-state index in [0.29, 0.717) is 12.5 Å². The lowest BCUT2D eigenvalue weighted by atomic mass is 9.96. The maximum atomic E-state index is 5.54. The van der Waals surface area contributed by atoms with Crippen molar-refractivity contribution in [3.63, 3.8) is 0 Å². The minimum Gasteiger partial charge on any atom is -0.326 e. The molecule has 12 heavy (non-hydrogen) atoms. The maximum Gasteiger partial charge on any atom is 0.0178 e. The zero-order valence-corrected chi connectivity index (χ0v) is 8.09. The Hall–Kier alpha value is -0.820. The number of aryl methyl sites for hydroxylation is 1. The normalized spacial score (nSPS) is 10.8. The molecule has 66 valence electrons. The molecule has 2 N–H and O–H groups in total. The highest BCUT2D eigenvalue weighted by Crippen LogP contribution is 2.19. The van der Waals surface area contributed by atoms with Crippen LogP contribution in [0.4, 0.5) is 0 Å². The van der Waals surface area contributed by atoms with E-state index in [9.17, 15) is 0 Å². The number of nitrogens with two attached hydrogens (primary N) is 1. The molecule has 0 aliphatic heterocycles. The van der Waals surface area contributed by atoms with Gasteiger partial charge < -0.3 is 5.73 Å². The lowest BCUT2D eigenvalue weighted by Gasteiger charge is -2.10. The van der Waals surface area contributed by atoms with Crippen LogP contribution in [0.2, 0.25) is 0 Å². The molecule has 0 fully saturated rings. The van der Waals surface area contributed by atoms with Crippen molar-refractivity contribution in [3.05, 3.63) is 34.9 Å².